The summed E-state index contributed by atoms with van der Waals surface area (Å²) in [6.07, 6.45) is 0. The molecule has 0 fully saturated rings. The summed E-state index contributed by atoms with van der Waals surface area (Å²) in [5.41, 5.74) is 2.39. The highest BCUT2D eigenvalue weighted by atomic mass is 35.5. The van der Waals surface area contributed by atoms with E-state index < -0.39 is 0 Å². The van der Waals surface area contributed by atoms with Gasteiger partial charge in [0.15, 0.2) is 17.2 Å². The molecule has 0 saturated carbocycles. The van der Waals surface area contributed by atoms with Crippen molar-refractivity contribution in [2.45, 2.75) is 13.5 Å². The normalized spacial score (nSPS) is 10.8. The minimum absolute atomic E-state index is 0.308. The summed E-state index contributed by atoms with van der Waals surface area (Å²) in [6, 6.07) is 11.5. The molecule has 0 amide bonds. The number of nitrogens with zero attached hydrogens (tertiary/aromatic N) is 3. The number of aromatic nitrogens is 3. The zero-order valence-electron chi connectivity index (χ0n) is 11.7. The molecule has 0 aliphatic heterocycles. The smallest absolute Gasteiger partial charge is 0.190 e. The molecular formula is C15H14ClN3O2. The lowest BCUT2D eigenvalue weighted by Gasteiger charge is -2.04. The zero-order valence-corrected chi connectivity index (χ0v) is 12.5. The number of halogens is 1. The lowest BCUT2D eigenvalue weighted by atomic mass is 10.1. The summed E-state index contributed by atoms with van der Waals surface area (Å²) in [7, 11) is 1.78. The molecule has 0 unspecified atom stereocenters. The molecule has 0 aliphatic carbocycles. The fourth-order valence-electron chi connectivity index (χ4n) is 2.03. The second-order valence-corrected chi connectivity index (χ2v) is 5.04. The van der Waals surface area contributed by atoms with Crippen molar-refractivity contribution < 1.29 is 9.26 Å². The molecule has 0 bridgehead atoms. The van der Waals surface area contributed by atoms with Gasteiger partial charge in [-0.2, -0.15) is 5.10 Å². The van der Waals surface area contributed by atoms with E-state index in [1.165, 1.54) is 0 Å². The quantitative estimate of drug-likeness (QED) is 0.738. The molecule has 0 aliphatic rings. The summed E-state index contributed by atoms with van der Waals surface area (Å²) < 4.78 is 12.7. The summed E-state index contributed by atoms with van der Waals surface area (Å²) in [4.78, 5) is 0. The van der Waals surface area contributed by atoms with E-state index >= 15 is 0 Å². The highest BCUT2D eigenvalue weighted by Crippen LogP contribution is 2.32. The molecular weight excluding hydrogens is 290 g/mol. The summed E-state index contributed by atoms with van der Waals surface area (Å²) in [6.45, 7) is 2.13. The Morgan fingerprint density at radius 2 is 2.05 bits per heavy atom. The van der Waals surface area contributed by atoms with Gasteiger partial charge in [0.25, 0.3) is 0 Å². The minimum Gasteiger partial charge on any atom is -0.481 e. The van der Waals surface area contributed by atoms with Crippen LogP contribution in [0.15, 0.2) is 40.9 Å². The standard InChI is InChI=1S/C15H14ClN3O2/c1-10-15(20-9-12-8-13(16)19(2)17-12)14(18-21-10)11-6-4-3-5-7-11/h3-8H,9H2,1-2H3. The Morgan fingerprint density at radius 3 is 2.71 bits per heavy atom. The molecule has 108 valence electrons. The summed E-state index contributed by atoms with van der Waals surface area (Å²) >= 11 is 5.96. The molecule has 2 heterocycles. The van der Waals surface area contributed by atoms with Gasteiger partial charge in [0.2, 0.25) is 0 Å². The van der Waals surface area contributed by atoms with Crippen LogP contribution in [0.5, 0.6) is 5.75 Å². The average Bonchev–Trinajstić information content (AvgIpc) is 3.01. The van der Waals surface area contributed by atoms with Gasteiger partial charge in [0.05, 0.1) is 0 Å². The Labute approximate surface area is 127 Å². The first-order valence-corrected chi connectivity index (χ1v) is 6.86. The Kier molecular flexibility index (Phi) is 3.66. The van der Waals surface area contributed by atoms with Crippen molar-refractivity contribution in [3.8, 4) is 17.0 Å². The van der Waals surface area contributed by atoms with Gasteiger partial charge in [0, 0.05) is 25.6 Å². The molecule has 0 atom stereocenters. The number of aryl methyl sites for hydroxylation is 2. The van der Waals surface area contributed by atoms with Crippen molar-refractivity contribution in [2.24, 2.45) is 7.05 Å². The molecule has 0 spiro atoms. The molecule has 0 N–H and O–H groups in total. The number of benzene rings is 1. The molecule has 21 heavy (non-hydrogen) atoms. The van der Waals surface area contributed by atoms with Gasteiger partial charge in [-0.15, -0.1) is 0 Å². The van der Waals surface area contributed by atoms with Crippen LogP contribution in [0.4, 0.5) is 0 Å². The third kappa shape index (κ3) is 2.78. The topological polar surface area (TPSA) is 53.1 Å². The van der Waals surface area contributed by atoms with Crippen LogP contribution < -0.4 is 4.74 Å². The molecule has 0 saturated heterocycles. The van der Waals surface area contributed by atoms with E-state index in [4.69, 9.17) is 20.9 Å². The molecule has 2 aromatic heterocycles. The predicted molar refractivity (Wildman–Crippen MR) is 79.2 cm³/mol. The van der Waals surface area contributed by atoms with Crippen LogP contribution in [0.2, 0.25) is 5.15 Å². The van der Waals surface area contributed by atoms with Crippen molar-refractivity contribution in [3.63, 3.8) is 0 Å². The van der Waals surface area contributed by atoms with Gasteiger partial charge in [-0.25, -0.2) is 0 Å². The second kappa shape index (κ2) is 5.61. The zero-order chi connectivity index (χ0) is 14.8. The predicted octanol–water partition coefficient (Wildman–Crippen LogP) is 3.62. The fraction of sp³-hybridized carbons (Fsp3) is 0.200. The van der Waals surface area contributed by atoms with Gasteiger partial charge in [-0.05, 0) is 0 Å². The summed E-state index contributed by atoms with van der Waals surface area (Å²) in [5, 5.41) is 8.89. The van der Waals surface area contributed by atoms with E-state index in [0.29, 0.717) is 29.0 Å². The van der Waals surface area contributed by atoms with Crippen LogP contribution >= 0.6 is 11.6 Å². The highest BCUT2D eigenvalue weighted by molar-refractivity contribution is 6.29. The third-order valence-corrected chi connectivity index (χ3v) is 3.45. The lowest BCUT2D eigenvalue weighted by molar-refractivity contribution is 0.291. The van der Waals surface area contributed by atoms with Crippen LogP contribution in [0.3, 0.4) is 0 Å². The van der Waals surface area contributed by atoms with Gasteiger partial charge in [-0.3, -0.25) is 4.68 Å². The largest absolute Gasteiger partial charge is 0.481 e. The van der Waals surface area contributed by atoms with Gasteiger partial charge in [0.1, 0.15) is 17.5 Å². The first-order chi connectivity index (χ1) is 10.1. The number of hydrogen-bond donors (Lipinski definition) is 0. The van der Waals surface area contributed by atoms with Crippen LogP contribution in [-0.2, 0) is 13.7 Å². The average molecular weight is 304 g/mol. The van der Waals surface area contributed by atoms with Crippen LogP contribution in [-0.4, -0.2) is 14.9 Å². The highest BCUT2D eigenvalue weighted by Gasteiger charge is 2.16. The monoisotopic (exact) mass is 303 g/mol. The van der Waals surface area contributed by atoms with Crippen molar-refractivity contribution in [1.82, 2.24) is 14.9 Å². The molecule has 5 nitrogen and oxygen atoms in total. The van der Waals surface area contributed by atoms with Crippen molar-refractivity contribution in [3.05, 3.63) is 53.0 Å². The van der Waals surface area contributed by atoms with Gasteiger partial charge >= 0.3 is 0 Å². The first kappa shape index (κ1) is 13.7. The van der Waals surface area contributed by atoms with Gasteiger partial charge < -0.3 is 9.26 Å². The van der Waals surface area contributed by atoms with Crippen LogP contribution in [0.1, 0.15) is 11.5 Å². The van der Waals surface area contributed by atoms with E-state index in [1.54, 1.807) is 17.8 Å². The van der Waals surface area contributed by atoms with Crippen LogP contribution in [0, 0.1) is 6.92 Å². The van der Waals surface area contributed by atoms with E-state index in [0.717, 1.165) is 11.3 Å². The van der Waals surface area contributed by atoms with E-state index in [9.17, 15) is 0 Å². The Bertz CT molecular complexity index is 730. The molecule has 0 radical (unpaired) electrons. The molecule has 6 heteroatoms. The lowest BCUT2D eigenvalue weighted by Crippen LogP contribution is -1.99. The van der Waals surface area contributed by atoms with Crippen molar-refractivity contribution >= 4 is 11.6 Å². The fourth-order valence-corrected chi connectivity index (χ4v) is 2.19. The Morgan fingerprint density at radius 1 is 1.29 bits per heavy atom. The maximum Gasteiger partial charge on any atom is 0.190 e. The Balaban J connectivity index is 1.84. The number of rotatable bonds is 4. The van der Waals surface area contributed by atoms with E-state index in [2.05, 4.69) is 10.3 Å². The maximum absolute atomic E-state index is 5.96. The number of ether oxygens (including phenoxy) is 1. The second-order valence-electron chi connectivity index (χ2n) is 4.65. The summed E-state index contributed by atoms with van der Waals surface area (Å²) in [5.74, 6) is 1.26. The SMILES string of the molecule is Cc1onc(-c2ccccc2)c1OCc1cc(Cl)n(C)n1. The molecule has 3 aromatic rings. The molecule has 3 rings (SSSR count). The van der Waals surface area contributed by atoms with E-state index in [1.807, 2.05) is 37.3 Å². The first-order valence-electron chi connectivity index (χ1n) is 6.48. The van der Waals surface area contributed by atoms with Gasteiger partial charge in [-0.1, -0.05) is 47.1 Å². The maximum atomic E-state index is 5.96. The number of hydrogen-bond acceptors (Lipinski definition) is 4. The third-order valence-electron chi connectivity index (χ3n) is 3.09. The Hall–Kier alpha value is -2.27. The van der Waals surface area contributed by atoms with Crippen LogP contribution in [0.25, 0.3) is 11.3 Å². The van der Waals surface area contributed by atoms with E-state index in [-0.39, 0.29) is 0 Å². The minimum atomic E-state index is 0.308. The van der Waals surface area contributed by atoms with Crippen molar-refractivity contribution in [2.75, 3.05) is 0 Å². The molecule has 1 aromatic carbocycles. The van der Waals surface area contributed by atoms with Crippen molar-refractivity contribution in [1.29, 1.82) is 0 Å².